The van der Waals surface area contributed by atoms with E-state index in [4.69, 9.17) is 0 Å². The van der Waals surface area contributed by atoms with Gasteiger partial charge in [-0.05, 0) is 46.6 Å². The van der Waals surface area contributed by atoms with E-state index in [0.29, 0.717) is 5.56 Å². The van der Waals surface area contributed by atoms with E-state index < -0.39 is 0 Å². The van der Waals surface area contributed by atoms with Crippen LogP contribution < -0.4 is 10.6 Å². The van der Waals surface area contributed by atoms with Crippen LogP contribution in [0.4, 0.5) is 11.4 Å². The third kappa shape index (κ3) is 4.45. The minimum Gasteiger partial charge on any atom is -0.353 e. The van der Waals surface area contributed by atoms with Gasteiger partial charge in [0, 0.05) is 10.7 Å². The van der Waals surface area contributed by atoms with Crippen molar-refractivity contribution in [2.24, 2.45) is 0 Å². The van der Waals surface area contributed by atoms with Crippen molar-refractivity contribution in [1.82, 2.24) is 10.3 Å². The van der Waals surface area contributed by atoms with Gasteiger partial charge in [-0.1, -0.05) is 42.5 Å². The van der Waals surface area contributed by atoms with Gasteiger partial charge in [0.05, 0.1) is 29.2 Å². The second-order valence-corrected chi connectivity index (χ2v) is 6.53. The maximum atomic E-state index is 12.5. The van der Waals surface area contributed by atoms with Crippen molar-refractivity contribution < 1.29 is 4.79 Å². The summed E-state index contributed by atoms with van der Waals surface area (Å²) in [4.78, 5) is 16.7. The zero-order valence-electron chi connectivity index (χ0n) is 13.7. The summed E-state index contributed by atoms with van der Waals surface area (Å²) in [6.07, 6.45) is 3.26. The molecule has 2 N–H and O–H groups in total. The SMILES string of the molecule is CC(NC(=O)c1cncc(Nc2ccccc2Br)c1)c1ccccc1. The summed E-state index contributed by atoms with van der Waals surface area (Å²) in [5.41, 5.74) is 3.25. The van der Waals surface area contributed by atoms with Gasteiger partial charge in [-0.2, -0.15) is 0 Å². The van der Waals surface area contributed by atoms with Gasteiger partial charge in [0.1, 0.15) is 0 Å². The van der Waals surface area contributed by atoms with Crippen LogP contribution in [0.2, 0.25) is 0 Å². The number of hydrogen-bond donors (Lipinski definition) is 2. The fourth-order valence-electron chi connectivity index (χ4n) is 2.46. The Morgan fingerprint density at radius 3 is 2.52 bits per heavy atom. The van der Waals surface area contributed by atoms with Gasteiger partial charge in [-0.3, -0.25) is 9.78 Å². The van der Waals surface area contributed by atoms with Gasteiger partial charge >= 0.3 is 0 Å². The molecule has 1 unspecified atom stereocenters. The molecule has 0 bridgehead atoms. The molecule has 0 aliphatic rings. The summed E-state index contributed by atoms with van der Waals surface area (Å²) in [6.45, 7) is 1.96. The molecule has 25 heavy (non-hydrogen) atoms. The van der Waals surface area contributed by atoms with E-state index in [1.165, 1.54) is 0 Å². The molecule has 0 aliphatic heterocycles. The lowest BCUT2D eigenvalue weighted by Gasteiger charge is -2.15. The van der Waals surface area contributed by atoms with Gasteiger partial charge in [0.2, 0.25) is 0 Å². The molecule has 0 saturated heterocycles. The van der Waals surface area contributed by atoms with Gasteiger partial charge in [-0.25, -0.2) is 0 Å². The molecule has 0 spiro atoms. The van der Waals surface area contributed by atoms with Crippen LogP contribution in [0.5, 0.6) is 0 Å². The van der Waals surface area contributed by atoms with Crippen LogP contribution in [-0.4, -0.2) is 10.9 Å². The van der Waals surface area contributed by atoms with Crippen molar-refractivity contribution in [2.45, 2.75) is 13.0 Å². The predicted octanol–water partition coefficient (Wildman–Crippen LogP) is 5.08. The average molecular weight is 396 g/mol. The number of rotatable bonds is 5. The Morgan fingerprint density at radius 1 is 1.04 bits per heavy atom. The lowest BCUT2D eigenvalue weighted by atomic mass is 10.1. The Bertz CT molecular complexity index is 868. The number of amides is 1. The molecular weight excluding hydrogens is 378 g/mol. The van der Waals surface area contributed by atoms with Crippen LogP contribution in [0.1, 0.15) is 28.9 Å². The number of carbonyl (C=O) groups is 1. The predicted molar refractivity (Wildman–Crippen MR) is 104 cm³/mol. The van der Waals surface area contributed by atoms with Crippen LogP contribution in [0.15, 0.2) is 77.5 Å². The lowest BCUT2D eigenvalue weighted by molar-refractivity contribution is 0.0939. The monoisotopic (exact) mass is 395 g/mol. The van der Waals surface area contributed by atoms with Gasteiger partial charge in [0.25, 0.3) is 5.91 Å². The molecule has 3 rings (SSSR count). The summed E-state index contributed by atoms with van der Waals surface area (Å²) in [5.74, 6) is -0.153. The number of para-hydroxylation sites is 1. The topological polar surface area (TPSA) is 54.0 Å². The number of nitrogens with one attached hydrogen (secondary N) is 2. The molecule has 1 atom stereocenters. The second-order valence-electron chi connectivity index (χ2n) is 5.67. The molecule has 1 heterocycles. The molecule has 0 fully saturated rings. The van der Waals surface area contributed by atoms with Crippen molar-refractivity contribution in [2.75, 3.05) is 5.32 Å². The van der Waals surface area contributed by atoms with E-state index in [2.05, 4.69) is 31.5 Å². The van der Waals surface area contributed by atoms with Crippen molar-refractivity contribution in [3.8, 4) is 0 Å². The smallest absolute Gasteiger partial charge is 0.253 e. The molecule has 3 aromatic rings. The van der Waals surface area contributed by atoms with Crippen molar-refractivity contribution in [3.63, 3.8) is 0 Å². The highest BCUT2D eigenvalue weighted by Gasteiger charge is 2.12. The maximum Gasteiger partial charge on any atom is 0.253 e. The minimum atomic E-state index is -0.153. The molecule has 1 aromatic heterocycles. The molecule has 5 heteroatoms. The summed E-state index contributed by atoms with van der Waals surface area (Å²) >= 11 is 3.50. The van der Waals surface area contributed by atoms with Crippen molar-refractivity contribution in [1.29, 1.82) is 0 Å². The maximum absolute atomic E-state index is 12.5. The molecule has 2 aromatic carbocycles. The highest BCUT2D eigenvalue weighted by Crippen LogP contribution is 2.25. The molecule has 1 amide bonds. The number of benzene rings is 2. The number of anilines is 2. The molecule has 4 nitrogen and oxygen atoms in total. The number of halogens is 1. The van der Waals surface area contributed by atoms with E-state index in [-0.39, 0.29) is 11.9 Å². The summed E-state index contributed by atoms with van der Waals surface area (Å²) in [6, 6.07) is 19.4. The van der Waals surface area contributed by atoms with E-state index in [1.54, 1.807) is 18.5 Å². The second kappa shape index (κ2) is 7.94. The fraction of sp³-hybridized carbons (Fsp3) is 0.100. The van der Waals surface area contributed by atoms with Crippen LogP contribution in [0, 0.1) is 0 Å². The largest absolute Gasteiger partial charge is 0.353 e. The Labute approximate surface area is 155 Å². The fourth-order valence-corrected chi connectivity index (χ4v) is 2.84. The zero-order chi connectivity index (χ0) is 17.6. The van der Waals surface area contributed by atoms with E-state index in [0.717, 1.165) is 21.4 Å². The molecule has 0 aliphatic carbocycles. The normalized spacial score (nSPS) is 11.6. The first-order valence-corrected chi connectivity index (χ1v) is 8.75. The summed E-state index contributed by atoms with van der Waals surface area (Å²) in [5, 5.41) is 6.26. The highest BCUT2D eigenvalue weighted by molar-refractivity contribution is 9.10. The number of nitrogens with zero attached hydrogens (tertiary/aromatic N) is 1. The van der Waals surface area contributed by atoms with Gasteiger partial charge < -0.3 is 10.6 Å². The van der Waals surface area contributed by atoms with Gasteiger partial charge in [-0.15, -0.1) is 0 Å². The Hall–Kier alpha value is -2.66. The van der Waals surface area contributed by atoms with Crippen LogP contribution in [0.3, 0.4) is 0 Å². The first kappa shape index (κ1) is 17.2. The van der Waals surface area contributed by atoms with Gasteiger partial charge in [0.15, 0.2) is 0 Å². The van der Waals surface area contributed by atoms with Crippen molar-refractivity contribution in [3.05, 3.63) is 88.7 Å². The quantitative estimate of drug-likeness (QED) is 0.633. The average Bonchev–Trinajstić information content (AvgIpc) is 2.64. The van der Waals surface area contributed by atoms with Crippen LogP contribution in [0.25, 0.3) is 0 Å². The molecule has 0 saturated carbocycles. The first-order valence-electron chi connectivity index (χ1n) is 7.96. The minimum absolute atomic E-state index is 0.0754. The Morgan fingerprint density at radius 2 is 1.76 bits per heavy atom. The standard InChI is InChI=1S/C20H18BrN3O/c1-14(15-7-3-2-4-8-15)23-20(25)16-11-17(13-22-12-16)24-19-10-6-5-9-18(19)21/h2-14,24H,1H3,(H,23,25). The number of aromatic nitrogens is 1. The van der Waals surface area contributed by atoms with E-state index >= 15 is 0 Å². The summed E-state index contributed by atoms with van der Waals surface area (Å²) in [7, 11) is 0. The molecule has 0 radical (unpaired) electrons. The lowest BCUT2D eigenvalue weighted by Crippen LogP contribution is -2.26. The van der Waals surface area contributed by atoms with E-state index in [1.807, 2.05) is 61.5 Å². The Kier molecular flexibility index (Phi) is 5.46. The third-order valence-corrected chi connectivity index (χ3v) is 4.49. The number of pyridine rings is 1. The first-order chi connectivity index (χ1) is 12.1. The van der Waals surface area contributed by atoms with Crippen molar-refractivity contribution >= 4 is 33.2 Å². The van der Waals surface area contributed by atoms with Crippen LogP contribution in [-0.2, 0) is 0 Å². The molecule has 126 valence electrons. The number of carbonyl (C=O) groups excluding carboxylic acids is 1. The highest BCUT2D eigenvalue weighted by atomic mass is 79.9. The third-order valence-electron chi connectivity index (χ3n) is 3.80. The number of hydrogen-bond acceptors (Lipinski definition) is 3. The zero-order valence-corrected chi connectivity index (χ0v) is 15.3. The Balaban J connectivity index is 1.72. The summed E-state index contributed by atoms with van der Waals surface area (Å²) < 4.78 is 0.947. The van der Waals surface area contributed by atoms with Crippen LogP contribution >= 0.6 is 15.9 Å². The molecular formula is C20H18BrN3O. The van der Waals surface area contributed by atoms with E-state index in [9.17, 15) is 4.79 Å².